The standard InChI is InChI=1S/C14H24N2O2/c1-10-4-11(5-10)6-16-13(17)14-8-15-7-12(14)2-3-18-9-14/h10-12,15H,2-9H2,1H3,(H,16,17)/t10?,11?,12-,14+/m1/s1. The molecule has 1 amide bonds. The smallest absolute Gasteiger partial charge is 0.230 e. The molecule has 4 nitrogen and oxygen atoms in total. The van der Waals surface area contributed by atoms with Crippen LogP contribution in [0.25, 0.3) is 0 Å². The molecule has 0 unspecified atom stereocenters. The quantitative estimate of drug-likeness (QED) is 0.780. The summed E-state index contributed by atoms with van der Waals surface area (Å²) < 4.78 is 5.57. The fourth-order valence-electron chi connectivity index (χ4n) is 3.82. The Balaban J connectivity index is 1.56. The summed E-state index contributed by atoms with van der Waals surface area (Å²) in [5.41, 5.74) is -0.284. The molecule has 0 spiro atoms. The van der Waals surface area contributed by atoms with E-state index in [0.29, 0.717) is 18.4 Å². The van der Waals surface area contributed by atoms with E-state index < -0.39 is 0 Å². The van der Waals surface area contributed by atoms with Crippen molar-refractivity contribution in [2.24, 2.45) is 23.2 Å². The molecule has 2 atom stereocenters. The van der Waals surface area contributed by atoms with Crippen LogP contribution in [0, 0.1) is 23.2 Å². The number of hydrogen-bond donors (Lipinski definition) is 2. The van der Waals surface area contributed by atoms with Gasteiger partial charge in [-0.3, -0.25) is 4.79 Å². The maximum atomic E-state index is 12.5. The van der Waals surface area contributed by atoms with E-state index in [1.165, 1.54) is 12.8 Å². The number of carbonyl (C=O) groups is 1. The first kappa shape index (κ1) is 12.4. The SMILES string of the molecule is CC1CC(CNC(=O)[C@]23CNC[C@H]2CCOC3)C1. The molecule has 0 radical (unpaired) electrons. The molecule has 3 aliphatic rings. The summed E-state index contributed by atoms with van der Waals surface area (Å²) in [6.45, 7) is 6.29. The first-order chi connectivity index (χ1) is 8.71. The van der Waals surface area contributed by atoms with Crippen molar-refractivity contribution >= 4 is 5.91 Å². The summed E-state index contributed by atoms with van der Waals surface area (Å²) in [5.74, 6) is 2.24. The van der Waals surface area contributed by atoms with Crippen molar-refractivity contribution in [2.75, 3.05) is 32.8 Å². The van der Waals surface area contributed by atoms with Crippen molar-refractivity contribution in [1.82, 2.24) is 10.6 Å². The van der Waals surface area contributed by atoms with E-state index in [9.17, 15) is 4.79 Å². The molecule has 0 aromatic rings. The highest BCUT2D eigenvalue weighted by atomic mass is 16.5. The average Bonchev–Trinajstić information content (AvgIpc) is 2.77. The second-order valence-electron chi connectivity index (χ2n) is 6.48. The number of amides is 1. The first-order valence-corrected chi connectivity index (χ1v) is 7.27. The van der Waals surface area contributed by atoms with E-state index in [0.717, 1.165) is 38.6 Å². The van der Waals surface area contributed by atoms with Crippen LogP contribution in [0.5, 0.6) is 0 Å². The molecule has 0 bridgehead atoms. The van der Waals surface area contributed by atoms with Gasteiger partial charge in [-0.15, -0.1) is 0 Å². The highest BCUT2D eigenvalue weighted by Crippen LogP contribution is 2.38. The molecule has 0 aromatic heterocycles. The van der Waals surface area contributed by atoms with Crippen molar-refractivity contribution in [1.29, 1.82) is 0 Å². The normalized spacial score (nSPS) is 43.1. The predicted octanol–water partition coefficient (Wildman–Crippen LogP) is 0.775. The van der Waals surface area contributed by atoms with Gasteiger partial charge in [-0.1, -0.05) is 6.92 Å². The lowest BCUT2D eigenvalue weighted by molar-refractivity contribution is -0.141. The second-order valence-corrected chi connectivity index (χ2v) is 6.48. The number of ether oxygens (including phenoxy) is 1. The fraction of sp³-hybridized carbons (Fsp3) is 0.929. The molecule has 2 heterocycles. The Morgan fingerprint density at radius 2 is 2.33 bits per heavy atom. The molecule has 2 N–H and O–H groups in total. The third kappa shape index (κ3) is 2.05. The van der Waals surface area contributed by atoms with Gasteiger partial charge in [0.1, 0.15) is 0 Å². The van der Waals surface area contributed by atoms with Crippen molar-refractivity contribution in [3.63, 3.8) is 0 Å². The Bertz CT molecular complexity index is 328. The molecule has 4 heteroatoms. The van der Waals surface area contributed by atoms with Gasteiger partial charge in [0.05, 0.1) is 12.0 Å². The van der Waals surface area contributed by atoms with E-state index in [1.54, 1.807) is 0 Å². The number of fused-ring (bicyclic) bond motifs is 1. The molecule has 2 saturated heterocycles. The van der Waals surface area contributed by atoms with E-state index in [1.807, 2.05) is 0 Å². The first-order valence-electron chi connectivity index (χ1n) is 7.27. The van der Waals surface area contributed by atoms with Crippen LogP contribution in [0.3, 0.4) is 0 Å². The van der Waals surface area contributed by atoms with Crippen molar-refractivity contribution in [3.05, 3.63) is 0 Å². The Morgan fingerprint density at radius 1 is 1.50 bits per heavy atom. The third-order valence-corrected chi connectivity index (χ3v) is 5.06. The van der Waals surface area contributed by atoms with Gasteiger partial charge < -0.3 is 15.4 Å². The maximum Gasteiger partial charge on any atom is 0.230 e. The number of hydrogen-bond acceptors (Lipinski definition) is 3. The van der Waals surface area contributed by atoms with Gasteiger partial charge in [0.2, 0.25) is 5.91 Å². The van der Waals surface area contributed by atoms with Gasteiger partial charge in [-0.25, -0.2) is 0 Å². The van der Waals surface area contributed by atoms with Crippen LogP contribution in [-0.4, -0.2) is 38.8 Å². The second kappa shape index (κ2) is 4.82. The topological polar surface area (TPSA) is 50.4 Å². The number of nitrogens with one attached hydrogen (secondary N) is 2. The summed E-state index contributed by atoms with van der Waals surface area (Å²) in [7, 11) is 0. The third-order valence-electron chi connectivity index (χ3n) is 5.06. The van der Waals surface area contributed by atoms with Crippen LogP contribution in [0.4, 0.5) is 0 Å². The lowest BCUT2D eigenvalue weighted by Gasteiger charge is -2.38. The van der Waals surface area contributed by atoms with Crippen molar-refractivity contribution in [3.8, 4) is 0 Å². The molecular weight excluding hydrogens is 228 g/mol. The summed E-state index contributed by atoms with van der Waals surface area (Å²) in [6, 6.07) is 0. The number of carbonyl (C=O) groups excluding carboxylic acids is 1. The zero-order valence-corrected chi connectivity index (χ0v) is 11.2. The van der Waals surface area contributed by atoms with Crippen LogP contribution in [0.2, 0.25) is 0 Å². The van der Waals surface area contributed by atoms with Crippen LogP contribution in [0.15, 0.2) is 0 Å². The minimum absolute atomic E-state index is 0.219. The number of rotatable bonds is 3. The molecule has 18 heavy (non-hydrogen) atoms. The van der Waals surface area contributed by atoms with E-state index >= 15 is 0 Å². The van der Waals surface area contributed by atoms with Crippen molar-refractivity contribution < 1.29 is 9.53 Å². The largest absolute Gasteiger partial charge is 0.380 e. The minimum Gasteiger partial charge on any atom is -0.380 e. The Hall–Kier alpha value is -0.610. The van der Waals surface area contributed by atoms with Crippen LogP contribution < -0.4 is 10.6 Å². The monoisotopic (exact) mass is 252 g/mol. The molecule has 102 valence electrons. The van der Waals surface area contributed by atoms with Crippen molar-refractivity contribution in [2.45, 2.75) is 26.2 Å². The lowest BCUT2D eigenvalue weighted by Crippen LogP contribution is -2.53. The summed E-state index contributed by atoms with van der Waals surface area (Å²) in [4.78, 5) is 12.5. The predicted molar refractivity (Wildman–Crippen MR) is 69.1 cm³/mol. The zero-order valence-electron chi connectivity index (χ0n) is 11.2. The van der Waals surface area contributed by atoms with Crippen LogP contribution >= 0.6 is 0 Å². The molecule has 3 fully saturated rings. The maximum absolute atomic E-state index is 12.5. The minimum atomic E-state index is -0.284. The average molecular weight is 252 g/mol. The summed E-state index contributed by atoms with van der Waals surface area (Å²) in [5, 5.41) is 6.55. The highest BCUT2D eigenvalue weighted by molar-refractivity contribution is 5.84. The Labute approximate surface area is 109 Å². The van der Waals surface area contributed by atoms with Gasteiger partial charge in [-0.05, 0) is 43.6 Å². The Kier molecular flexibility index (Phi) is 3.32. The molecule has 2 aliphatic heterocycles. The zero-order chi connectivity index (χ0) is 12.6. The van der Waals surface area contributed by atoms with Crippen LogP contribution in [-0.2, 0) is 9.53 Å². The van der Waals surface area contributed by atoms with Gasteiger partial charge in [-0.2, -0.15) is 0 Å². The highest BCUT2D eigenvalue weighted by Gasteiger charge is 2.50. The van der Waals surface area contributed by atoms with E-state index in [-0.39, 0.29) is 11.3 Å². The molecule has 1 saturated carbocycles. The van der Waals surface area contributed by atoms with E-state index in [4.69, 9.17) is 4.74 Å². The van der Waals surface area contributed by atoms with Gasteiger partial charge in [0.25, 0.3) is 0 Å². The molecule has 1 aliphatic carbocycles. The lowest BCUT2D eigenvalue weighted by atomic mass is 9.73. The molecular formula is C14H24N2O2. The van der Waals surface area contributed by atoms with Crippen LogP contribution in [0.1, 0.15) is 26.2 Å². The van der Waals surface area contributed by atoms with E-state index in [2.05, 4.69) is 17.6 Å². The molecule has 3 rings (SSSR count). The van der Waals surface area contributed by atoms with Gasteiger partial charge in [0.15, 0.2) is 0 Å². The molecule has 0 aromatic carbocycles. The summed E-state index contributed by atoms with van der Waals surface area (Å²) >= 11 is 0. The Morgan fingerprint density at radius 3 is 3.11 bits per heavy atom. The fourth-order valence-corrected chi connectivity index (χ4v) is 3.82. The summed E-state index contributed by atoms with van der Waals surface area (Å²) in [6.07, 6.45) is 3.55. The van der Waals surface area contributed by atoms with Gasteiger partial charge >= 0.3 is 0 Å². The van der Waals surface area contributed by atoms with Gasteiger partial charge in [0, 0.05) is 19.7 Å².